The maximum Gasteiger partial charge on any atom is 0.164 e. The maximum absolute atomic E-state index is 6.42. The largest absolute Gasteiger partial charge is 0.457 e. The van der Waals surface area contributed by atoms with Gasteiger partial charge >= 0.3 is 0 Å². The maximum atomic E-state index is 6.42. The number of nitrogens with one attached hydrogen (secondary N) is 1. The Morgan fingerprint density at radius 1 is 0.857 bits per heavy atom. The van der Waals surface area contributed by atoms with E-state index in [2.05, 4.69) is 29.8 Å². The zero-order valence-electron chi connectivity index (χ0n) is 24.1. The fourth-order valence-corrected chi connectivity index (χ4v) is 7.91. The third kappa shape index (κ3) is 4.93. The highest BCUT2D eigenvalue weighted by Crippen LogP contribution is 2.42. The molecule has 4 aliphatic rings. The molecule has 0 bridgehead atoms. The van der Waals surface area contributed by atoms with Crippen LogP contribution in [0.5, 0.6) is 11.5 Å². The van der Waals surface area contributed by atoms with Gasteiger partial charge in [-0.05, 0) is 79.8 Å². The number of hydrogen-bond acceptors (Lipinski definition) is 8. The molecule has 3 aliphatic heterocycles. The van der Waals surface area contributed by atoms with Crippen molar-refractivity contribution in [1.82, 2.24) is 34.9 Å². The zero-order chi connectivity index (χ0) is 28.0. The van der Waals surface area contributed by atoms with Crippen molar-refractivity contribution in [2.75, 3.05) is 51.5 Å². The van der Waals surface area contributed by atoms with Crippen molar-refractivity contribution in [2.45, 2.75) is 37.8 Å². The predicted octanol–water partition coefficient (Wildman–Crippen LogP) is 4.43. The molecule has 1 aliphatic carbocycles. The summed E-state index contributed by atoms with van der Waals surface area (Å²) >= 11 is 0. The standard InChI is InChI=1S/C33H40N8O/c34-32-30-31(23-6-8-29(9-7-23)42-28-4-2-1-3-5-28)38-41(33(30)37-21-36-32)26-10-12-40(13-11-26)27-14-24-19-39(20-25(24)15-27)18-22-16-35-17-22/h1-9,21-22,24-27,35H,10-20H2,(H2,34,36,37)/t24-,25+,27?. The number of fused-ring (bicyclic) bond motifs is 2. The summed E-state index contributed by atoms with van der Waals surface area (Å²) in [6.07, 6.45) is 6.47. The molecular weight excluding hydrogens is 524 g/mol. The Morgan fingerprint density at radius 3 is 2.26 bits per heavy atom. The fraction of sp³-hybridized carbons (Fsp3) is 0.485. The van der Waals surface area contributed by atoms with Crippen LogP contribution in [-0.4, -0.2) is 81.4 Å². The van der Waals surface area contributed by atoms with Gasteiger partial charge in [-0.1, -0.05) is 18.2 Å². The molecule has 4 fully saturated rings. The van der Waals surface area contributed by atoms with Gasteiger partial charge in [0.15, 0.2) is 5.65 Å². The van der Waals surface area contributed by atoms with Crippen LogP contribution in [0.25, 0.3) is 22.3 Å². The Bertz CT molecular complexity index is 1510. The molecule has 8 rings (SSSR count). The SMILES string of the molecule is Nc1ncnc2c1c(-c1ccc(Oc3ccccc3)cc1)nn2C1CCN(C2C[C@@H]3CN(CC4CNC4)C[C@@H]3C2)CC1. The van der Waals surface area contributed by atoms with Crippen molar-refractivity contribution < 1.29 is 4.74 Å². The molecule has 9 nitrogen and oxygen atoms in total. The molecule has 4 aromatic rings. The van der Waals surface area contributed by atoms with E-state index in [1.807, 2.05) is 54.6 Å². The lowest BCUT2D eigenvalue weighted by Gasteiger charge is -2.37. The van der Waals surface area contributed by atoms with Gasteiger partial charge in [-0.25, -0.2) is 14.6 Å². The van der Waals surface area contributed by atoms with E-state index in [4.69, 9.17) is 15.6 Å². The summed E-state index contributed by atoms with van der Waals surface area (Å²) in [7, 11) is 0. The Morgan fingerprint density at radius 2 is 1.57 bits per heavy atom. The lowest BCUT2D eigenvalue weighted by Crippen LogP contribution is -2.48. The van der Waals surface area contributed by atoms with Crippen LogP contribution in [0.2, 0.25) is 0 Å². The van der Waals surface area contributed by atoms with Gasteiger partial charge in [0.2, 0.25) is 0 Å². The van der Waals surface area contributed by atoms with Crippen molar-refractivity contribution in [3.63, 3.8) is 0 Å². The number of anilines is 1. The number of nitrogens with two attached hydrogens (primary N) is 1. The first kappa shape index (κ1) is 26.1. The Labute approximate surface area is 247 Å². The lowest BCUT2D eigenvalue weighted by molar-refractivity contribution is 0.122. The molecule has 0 amide bonds. The number of likely N-dealkylation sites (tertiary alicyclic amines) is 2. The van der Waals surface area contributed by atoms with Crippen molar-refractivity contribution in [2.24, 2.45) is 17.8 Å². The van der Waals surface area contributed by atoms with E-state index >= 15 is 0 Å². The number of aromatic nitrogens is 4. The Hall–Kier alpha value is -3.53. The molecule has 3 saturated heterocycles. The van der Waals surface area contributed by atoms with Gasteiger partial charge in [-0.3, -0.25) is 0 Å². The molecule has 3 atom stereocenters. The number of rotatable bonds is 7. The normalized spacial score (nSPS) is 25.6. The van der Waals surface area contributed by atoms with Gasteiger partial charge in [0.1, 0.15) is 29.3 Å². The second-order valence-corrected chi connectivity index (χ2v) is 12.8. The smallest absolute Gasteiger partial charge is 0.164 e. The molecule has 3 N–H and O–H groups in total. The molecule has 1 saturated carbocycles. The van der Waals surface area contributed by atoms with E-state index in [0.717, 1.165) is 83.5 Å². The molecule has 2 aromatic heterocycles. The highest BCUT2D eigenvalue weighted by Gasteiger charge is 2.43. The van der Waals surface area contributed by atoms with Crippen LogP contribution < -0.4 is 15.8 Å². The minimum atomic E-state index is 0.306. The van der Waals surface area contributed by atoms with Crippen LogP contribution in [0.3, 0.4) is 0 Å². The molecule has 1 unspecified atom stereocenters. The fourth-order valence-electron chi connectivity index (χ4n) is 7.91. The van der Waals surface area contributed by atoms with Crippen LogP contribution >= 0.6 is 0 Å². The molecule has 0 radical (unpaired) electrons. The molecule has 42 heavy (non-hydrogen) atoms. The Balaban J connectivity index is 0.948. The summed E-state index contributed by atoms with van der Waals surface area (Å²) in [6.45, 7) is 8.60. The number of hydrogen-bond donors (Lipinski definition) is 2. The Kier molecular flexibility index (Phi) is 6.81. The van der Waals surface area contributed by atoms with E-state index in [-0.39, 0.29) is 0 Å². The summed E-state index contributed by atoms with van der Waals surface area (Å²) in [5, 5.41) is 9.40. The number of nitrogen functional groups attached to an aromatic ring is 1. The highest BCUT2D eigenvalue weighted by atomic mass is 16.5. The van der Waals surface area contributed by atoms with Crippen molar-refractivity contribution in [1.29, 1.82) is 0 Å². The minimum Gasteiger partial charge on any atom is -0.457 e. The highest BCUT2D eigenvalue weighted by molar-refractivity contribution is 5.98. The van der Waals surface area contributed by atoms with Crippen molar-refractivity contribution in [3.8, 4) is 22.8 Å². The summed E-state index contributed by atoms with van der Waals surface area (Å²) in [6, 6.07) is 18.9. The number of nitrogens with zero attached hydrogens (tertiary/aromatic N) is 6. The molecule has 0 spiro atoms. The van der Waals surface area contributed by atoms with Crippen LogP contribution in [-0.2, 0) is 0 Å². The molecule has 218 valence electrons. The van der Waals surface area contributed by atoms with Gasteiger partial charge in [-0.2, -0.15) is 5.10 Å². The number of ether oxygens (including phenoxy) is 1. The lowest BCUT2D eigenvalue weighted by atomic mass is 10.0. The van der Waals surface area contributed by atoms with Crippen LogP contribution in [0, 0.1) is 17.8 Å². The topological polar surface area (TPSA) is 97.4 Å². The molecule has 2 aromatic carbocycles. The summed E-state index contributed by atoms with van der Waals surface area (Å²) < 4.78 is 8.13. The first-order valence-electron chi connectivity index (χ1n) is 15.7. The third-order valence-corrected chi connectivity index (χ3v) is 10.2. The van der Waals surface area contributed by atoms with Gasteiger partial charge in [0, 0.05) is 57.4 Å². The first-order valence-corrected chi connectivity index (χ1v) is 15.7. The van der Waals surface area contributed by atoms with Gasteiger partial charge in [0.25, 0.3) is 0 Å². The minimum absolute atomic E-state index is 0.306. The second kappa shape index (κ2) is 10.9. The third-order valence-electron chi connectivity index (χ3n) is 10.2. The monoisotopic (exact) mass is 564 g/mol. The van der Waals surface area contributed by atoms with E-state index in [9.17, 15) is 0 Å². The summed E-state index contributed by atoms with van der Waals surface area (Å²) in [5.74, 6) is 4.73. The van der Waals surface area contributed by atoms with E-state index in [1.165, 1.54) is 45.6 Å². The number of para-hydroxylation sites is 1. The van der Waals surface area contributed by atoms with Crippen LogP contribution in [0.15, 0.2) is 60.9 Å². The molecule has 5 heterocycles. The van der Waals surface area contributed by atoms with Crippen molar-refractivity contribution in [3.05, 3.63) is 60.9 Å². The summed E-state index contributed by atoms with van der Waals surface area (Å²) in [4.78, 5) is 14.5. The number of benzene rings is 2. The van der Waals surface area contributed by atoms with Gasteiger partial charge < -0.3 is 25.6 Å². The van der Waals surface area contributed by atoms with Gasteiger partial charge in [0.05, 0.1) is 11.4 Å². The quantitative estimate of drug-likeness (QED) is 0.340. The predicted molar refractivity (Wildman–Crippen MR) is 164 cm³/mol. The number of piperidine rings is 1. The zero-order valence-corrected chi connectivity index (χ0v) is 24.1. The van der Waals surface area contributed by atoms with E-state index in [0.29, 0.717) is 11.9 Å². The van der Waals surface area contributed by atoms with E-state index < -0.39 is 0 Å². The summed E-state index contributed by atoms with van der Waals surface area (Å²) in [5.41, 5.74) is 9.07. The van der Waals surface area contributed by atoms with Crippen LogP contribution in [0.4, 0.5) is 5.82 Å². The van der Waals surface area contributed by atoms with Gasteiger partial charge in [-0.15, -0.1) is 0 Å². The molecular formula is C33H40N8O. The van der Waals surface area contributed by atoms with E-state index in [1.54, 1.807) is 6.33 Å². The average Bonchev–Trinajstić information content (AvgIpc) is 3.69. The second-order valence-electron chi connectivity index (χ2n) is 12.8. The van der Waals surface area contributed by atoms with Crippen molar-refractivity contribution >= 4 is 16.9 Å². The first-order chi connectivity index (χ1) is 20.7. The average molecular weight is 565 g/mol. The molecule has 9 heteroatoms. The van der Waals surface area contributed by atoms with Crippen LogP contribution in [0.1, 0.15) is 31.7 Å².